The Labute approximate surface area is 106 Å². The smallest absolute Gasteiger partial charge is 0.132 e. The summed E-state index contributed by atoms with van der Waals surface area (Å²) in [5.41, 5.74) is 9.17. The minimum absolute atomic E-state index is 0.529. The first-order valence-electron chi connectivity index (χ1n) is 6.30. The van der Waals surface area contributed by atoms with Gasteiger partial charge in [0.05, 0.1) is 5.69 Å². The Hall–Kier alpha value is -1.81. The average Bonchev–Trinajstić information content (AvgIpc) is 3.24. The van der Waals surface area contributed by atoms with Crippen LogP contribution in [0.3, 0.4) is 0 Å². The molecule has 0 aromatic carbocycles. The highest BCUT2D eigenvalue weighted by atomic mass is 14.9. The summed E-state index contributed by atoms with van der Waals surface area (Å²) < 4.78 is 0. The Morgan fingerprint density at radius 3 is 2.67 bits per heavy atom. The molecule has 2 aromatic rings. The topological polar surface area (TPSA) is 64.7 Å². The first kappa shape index (κ1) is 11.3. The SMILES string of the molecule is NCc1cnc(Cc2ccncc2)nc1C1CC1. The largest absolute Gasteiger partial charge is 0.326 e. The van der Waals surface area contributed by atoms with Crippen LogP contribution in [0.15, 0.2) is 30.7 Å². The van der Waals surface area contributed by atoms with Gasteiger partial charge in [0.2, 0.25) is 0 Å². The van der Waals surface area contributed by atoms with Crippen molar-refractivity contribution in [2.45, 2.75) is 31.7 Å². The summed E-state index contributed by atoms with van der Waals surface area (Å²) >= 11 is 0. The molecule has 0 unspecified atom stereocenters. The van der Waals surface area contributed by atoms with Crippen molar-refractivity contribution in [2.24, 2.45) is 5.73 Å². The van der Waals surface area contributed by atoms with E-state index in [0.717, 1.165) is 23.5 Å². The van der Waals surface area contributed by atoms with Crippen LogP contribution in [0.4, 0.5) is 0 Å². The average molecular weight is 240 g/mol. The van der Waals surface area contributed by atoms with Gasteiger partial charge in [-0.05, 0) is 30.5 Å². The van der Waals surface area contributed by atoms with Gasteiger partial charge in [0, 0.05) is 43.0 Å². The Balaban J connectivity index is 1.86. The van der Waals surface area contributed by atoms with Crippen LogP contribution in [0, 0.1) is 0 Å². The molecule has 1 aliphatic rings. The Kier molecular flexibility index (Phi) is 3.02. The van der Waals surface area contributed by atoms with Gasteiger partial charge in [-0.1, -0.05) is 0 Å². The molecule has 0 atom stereocenters. The summed E-state index contributed by atoms with van der Waals surface area (Å²) in [7, 11) is 0. The molecule has 92 valence electrons. The van der Waals surface area contributed by atoms with E-state index in [0.29, 0.717) is 12.5 Å². The molecule has 2 aromatic heterocycles. The van der Waals surface area contributed by atoms with E-state index in [2.05, 4.69) is 15.0 Å². The molecule has 0 aliphatic heterocycles. The summed E-state index contributed by atoms with van der Waals surface area (Å²) in [5, 5.41) is 0. The highest BCUT2D eigenvalue weighted by molar-refractivity contribution is 5.26. The predicted molar refractivity (Wildman–Crippen MR) is 68.9 cm³/mol. The Bertz CT molecular complexity index is 535. The van der Waals surface area contributed by atoms with Crippen LogP contribution in [-0.4, -0.2) is 15.0 Å². The van der Waals surface area contributed by atoms with Crippen LogP contribution >= 0.6 is 0 Å². The summed E-state index contributed by atoms with van der Waals surface area (Å²) in [4.78, 5) is 13.1. The quantitative estimate of drug-likeness (QED) is 0.885. The van der Waals surface area contributed by atoms with Gasteiger partial charge in [-0.3, -0.25) is 4.98 Å². The van der Waals surface area contributed by atoms with Crippen molar-refractivity contribution in [3.8, 4) is 0 Å². The van der Waals surface area contributed by atoms with Gasteiger partial charge in [-0.15, -0.1) is 0 Å². The maximum Gasteiger partial charge on any atom is 0.132 e. The van der Waals surface area contributed by atoms with E-state index < -0.39 is 0 Å². The third kappa shape index (κ3) is 2.38. The molecule has 0 bridgehead atoms. The Morgan fingerprint density at radius 2 is 2.00 bits per heavy atom. The predicted octanol–water partition coefficient (Wildman–Crippen LogP) is 1.80. The number of nitrogens with two attached hydrogens (primary N) is 1. The van der Waals surface area contributed by atoms with Crippen molar-refractivity contribution in [2.75, 3.05) is 0 Å². The third-order valence-corrected chi connectivity index (χ3v) is 3.24. The molecular weight excluding hydrogens is 224 g/mol. The lowest BCUT2D eigenvalue weighted by molar-refractivity contribution is 0.852. The highest BCUT2D eigenvalue weighted by Gasteiger charge is 2.27. The monoisotopic (exact) mass is 240 g/mol. The summed E-state index contributed by atoms with van der Waals surface area (Å²) in [6.45, 7) is 0.529. The first-order chi connectivity index (χ1) is 8.86. The number of aromatic nitrogens is 3. The molecule has 0 spiro atoms. The van der Waals surface area contributed by atoms with Crippen LogP contribution in [0.5, 0.6) is 0 Å². The van der Waals surface area contributed by atoms with Crippen molar-refractivity contribution >= 4 is 0 Å². The zero-order valence-electron chi connectivity index (χ0n) is 10.2. The summed E-state index contributed by atoms with van der Waals surface area (Å²) in [6, 6.07) is 3.99. The molecule has 2 heterocycles. The minimum atomic E-state index is 0.529. The summed E-state index contributed by atoms with van der Waals surface area (Å²) in [5.74, 6) is 1.49. The van der Waals surface area contributed by atoms with Gasteiger partial charge in [-0.2, -0.15) is 0 Å². The van der Waals surface area contributed by atoms with Crippen LogP contribution < -0.4 is 5.73 Å². The molecule has 2 N–H and O–H groups in total. The van der Waals surface area contributed by atoms with Crippen molar-refractivity contribution in [3.05, 3.63) is 53.4 Å². The molecule has 4 heteroatoms. The molecule has 1 fully saturated rings. The minimum Gasteiger partial charge on any atom is -0.326 e. The van der Waals surface area contributed by atoms with E-state index in [1.807, 2.05) is 18.3 Å². The van der Waals surface area contributed by atoms with E-state index in [1.54, 1.807) is 12.4 Å². The van der Waals surface area contributed by atoms with Gasteiger partial charge < -0.3 is 5.73 Å². The fourth-order valence-corrected chi connectivity index (χ4v) is 2.09. The second-order valence-electron chi connectivity index (χ2n) is 4.71. The van der Waals surface area contributed by atoms with Gasteiger partial charge in [-0.25, -0.2) is 9.97 Å². The highest BCUT2D eigenvalue weighted by Crippen LogP contribution is 2.40. The second kappa shape index (κ2) is 4.82. The van der Waals surface area contributed by atoms with Gasteiger partial charge >= 0.3 is 0 Å². The number of pyridine rings is 1. The zero-order valence-corrected chi connectivity index (χ0v) is 10.2. The lowest BCUT2D eigenvalue weighted by atomic mass is 10.1. The van der Waals surface area contributed by atoms with Crippen LogP contribution in [0.25, 0.3) is 0 Å². The van der Waals surface area contributed by atoms with E-state index in [4.69, 9.17) is 5.73 Å². The van der Waals surface area contributed by atoms with Crippen LogP contribution in [0.2, 0.25) is 0 Å². The van der Waals surface area contributed by atoms with Gasteiger partial charge in [0.25, 0.3) is 0 Å². The Morgan fingerprint density at radius 1 is 1.22 bits per heavy atom. The van der Waals surface area contributed by atoms with E-state index in [-0.39, 0.29) is 0 Å². The molecule has 0 saturated heterocycles. The van der Waals surface area contributed by atoms with Crippen molar-refractivity contribution in [3.63, 3.8) is 0 Å². The van der Waals surface area contributed by atoms with Gasteiger partial charge in [0.15, 0.2) is 0 Å². The number of rotatable bonds is 4. The fourth-order valence-electron chi connectivity index (χ4n) is 2.09. The van der Waals surface area contributed by atoms with Crippen LogP contribution in [-0.2, 0) is 13.0 Å². The molecule has 3 rings (SSSR count). The molecule has 1 saturated carbocycles. The first-order valence-corrected chi connectivity index (χ1v) is 6.30. The molecule has 0 amide bonds. The fraction of sp³-hybridized carbons (Fsp3) is 0.357. The molecular formula is C14H16N4. The maximum atomic E-state index is 5.73. The van der Waals surface area contributed by atoms with E-state index >= 15 is 0 Å². The number of nitrogens with zero attached hydrogens (tertiary/aromatic N) is 3. The van der Waals surface area contributed by atoms with Crippen LogP contribution in [0.1, 0.15) is 41.4 Å². The number of hydrogen-bond acceptors (Lipinski definition) is 4. The van der Waals surface area contributed by atoms with Crippen molar-refractivity contribution < 1.29 is 0 Å². The lowest BCUT2D eigenvalue weighted by Gasteiger charge is -2.07. The second-order valence-corrected chi connectivity index (χ2v) is 4.71. The number of hydrogen-bond donors (Lipinski definition) is 1. The van der Waals surface area contributed by atoms with Crippen molar-refractivity contribution in [1.29, 1.82) is 0 Å². The molecule has 4 nitrogen and oxygen atoms in total. The lowest BCUT2D eigenvalue weighted by Crippen LogP contribution is -2.07. The van der Waals surface area contributed by atoms with E-state index in [1.165, 1.54) is 18.4 Å². The standard InChI is InChI=1S/C14H16N4/c15-8-12-9-17-13(18-14(12)11-1-2-11)7-10-3-5-16-6-4-10/h3-6,9,11H,1-2,7-8,15H2. The normalized spacial score (nSPS) is 14.7. The van der Waals surface area contributed by atoms with Gasteiger partial charge in [0.1, 0.15) is 5.82 Å². The molecule has 1 aliphatic carbocycles. The molecule has 0 radical (unpaired) electrons. The maximum absolute atomic E-state index is 5.73. The van der Waals surface area contributed by atoms with Crippen molar-refractivity contribution in [1.82, 2.24) is 15.0 Å². The zero-order chi connectivity index (χ0) is 12.4. The third-order valence-electron chi connectivity index (χ3n) is 3.24. The van der Waals surface area contributed by atoms with E-state index in [9.17, 15) is 0 Å². The summed E-state index contributed by atoms with van der Waals surface area (Å²) in [6.07, 6.45) is 8.71. The molecule has 18 heavy (non-hydrogen) atoms.